The summed E-state index contributed by atoms with van der Waals surface area (Å²) in [5.41, 5.74) is 3.35. The van der Waals surface area contributed by atoms with E-state index in [1.54, 1.807) is 35.4 Å². The van der Waals surface area contributed by atoms with Crippen LogP contribution in [0.5, 0.6) is 0 Å². The van der Waals surface area contributed by atoms with Crippen LogP contribution in [0.3, 0.4) is 0 Å². The van der Waals surface area contributed by atoms with Crippen molar-refractivity contribution in [3.8, 4) is 16.8 Å². The number of anilines is 1. The molecule has 0 amide bonds. The van der Waals surface area contributed by atoms with Crippen LogP contribution in [0.1, 0.15) is 6.92 Å². The fourth-order valence-corrected chi connectivity index (χ4v) is 4.02. The van der Waals surface area contributed by atoms with Crippen LogP contribution in [-0.4, -0.2) is 36.4 Å². The summed E-state index contributed by atoms with van der Waals surface area (Å²) in [5.74, 6) is -0.927. The molecule has 0 aliphatic heterocycles. The van der Waals surface area contributed by atoms with E-state index in [0.29, 0.717) is 5.82 Å². The van der Waals surface area contributed by atoms with Crippen molar-refractivity contribution in [2.24, 2.45) is 5.92 Å². The van der Waals surface area contributed by atoms with E-state index in [1.165, 1.54) is 0 Å². The second-order valence-electron chi connectivity index (χ2n) is 7.88. The Morgan fingerprint density at radius 2 is 1.84 bits per heavy atom. The molecule has 2 aromatic carbocycles. The van der Waals surface area contributed by atoms with Gasteiger partial charge < -0.3 is 10.4 Å². The topological polar surface area (TPSA) is 92.9 Å². The van der Waals surface area contributed by atoms with Gasteiger partial charge in [0.25, 0.3) is 0 Å². The summed E-state index contributed by atoms with van der Waals surface area (Å²) in [6.45, 7) is 1.88. The summed E-state index contributed by atoms with van der Waals surface area (Å²) in [6.07, 6.45) is 12.3. The molecule has 2 aromatic heterocycles. The molecule has 7 heteroatoms. The Bertz CT molecular complexity index is 1360. The van der Waals surface area contributed by atoms with Crippen LogP contribution >= 0.6 is 0 Å². The highest BCUT2D eigenvalue weighted by molar-refractivity contribution is 5.86. The van der Waals surface area contributed by atoms with E-state index in [2.05, 4.69) is 20.4 Å². The van der Waals surface area contributed by atoms with Crippen molar-refractivity contribution < 1.29 is 9.90 Å². The molecule has 158 valence electrons. The average molecular weight is 423 g/mol. The normalized spacial score (nSPS) is 19.8. The number of aliphatic carboxylic acids is 1. The SMILES string of the molecule is CC1(Nc2c(-c3ccc4nccnc4c3)cnn2-c2ccccc2)C=CC=CC1C(=O)O. The molecule has 0 bridgehead atoms. The molecule has 0 saturated carbocycles. The molecule has 5 rings (SSSR count). The van der Waals surface area contributed by atoms with Crippen molar-refractivity contribution in [1.82, 2.24) is 19.7 Å². The van der Waals surface area contributed by atoms with Crippen LogP contribution in [0.25, 0.3) is 27.8 Å². The maximum Gasteiger partial charge on any atom is 0.313 e. The zero-order valence-corrected chi connectivity index (χ0v) is 17.4. The van der Waals surface area contributed by atoms with Gasteiger partial charge in [0.2, 0.25) is 0 Å². The summed E-state index contributed by atoms with van der Waals surface area (Å²) in [4.78, 5) is 20.8. The van der Waals surface area contributed by atoms with Crippen LogP contribution in [0.15, 0.2) is 91.4 Å². The molecule has 1 aliphatic rings. The van der Waals surface area contributed by atoms with Gasteiger partial charge in [-0.2, -0.15) is 5.10 Å². The third kappa shape index (κ3) is 3.43. The summed E-state index contributed by atoms with van der Waals surface area (Å²) >= 11 is 0. The van der Waals surface area contributed by atoms with E-state index in [-0.39, 0.29) is 0 Å². The van der Waals surface area contributed by atoms with Crippen LogP contribution in [0, 0.1) is 5.92 Å². The fourth-order valence-electron chi connectivity index (χ4n) is 4.02. The number of hydrogen-bond acceptors (Lipinski definition) is 5. The number of rotatable bonds is 5. The first-order valence-corrected chi connectivity index (χ1v) is 10.3. The van der Waals surface area contributed by atoms with Crippen molar-refractivity contribution in [2.45, 2.75) is 12.5 Å². The van der Waals surface area contributed by atoms with E-state index >= 15 is 0 Å². The molecule has 1 aliphatic carbocycles. The molecule has 2 heterocycles. The van der Waals surface area contributed by atoms with Gasteiger partial charge in [0, 0.05) is 18.0 Å². The maximum atomic E-state index is 12.0. The van der Waals surface area contributed by atoms with Crippen LogP contribution in [0.4, 0.5) is 5.82 Å². The Kier molecular flexibility index (Phi) is 4.78. The largest absolute Gasteiger partial charge is 0.481 e. The van der Waals surface area contributed by atoms with E-state index in [0.717, 1.165) is 27.8 Å². The smallest absolute Gasteiger partial charge is 0.313 e. The molecular formula is C25H21N5O2. The van der Waals surface area contributed by atoms with Gasteiger partial charge in [0.05, 0.1) is 28.5 Å². The van der Waals surface area contributed by atoms with Crippen LogP contribution in [-0.2, 0) is 4.79 Å². The molecule has 2 unspecified atom stereocenters. The van der Waals surface area contributed by atoms with E-state index in [1.807, 2.05) is 67.6 Å². The van der Waals surface area contributed by atoms with Gasteiger partial charge in [-0.15, -0.1) is 0 Å². The Morgan fingerprint density at radius 3 is 2.62 bits per heavy atom. The molecule has 0 radical (unpaired) electrons. The monoisotopic (exact) mass is 423 g/mol. The van der Waals surface area contributed by atoms with Crippen molar-refractivity contribution >= 4 is 22.8 Å². The number of carbonyl (C=O) groups is 1. The highest BCUT2D eigenvalue weighted by Crippen LogP contribution is 2.36. The standard InChI is InChI=1S/C25H21N5O2/c1-25(12-6-5-9-20(25)24(31)32)29-23-19(16-28-30(23)18-7-3-2-4-8-18)17-10-11-21-22(15-17)27-14-13-26-21/h2-16,20,29H,1H3,(H,31,32). The first kappa shape index (κ1) is 19.7. The van der Waals surface area contributed by atoms with Gasteiger partial charge in [0.15, 0.2) is 0 Å². The van der Waals surface area contributed by atoms with Gasteiger partial charge in [0.1, 0.15) is 11.7 Å². The lowest BCUT2D eigenvalue weighted by atomic mass is 9.82. The lowest BCUT2D eigenvalue weighted by molar-refractivity contribution is -0.141. The van der Waals surface area contributed by atoms with Gasteiger partial charge >= 0.3 is 5.97 Å². The molecule has 32 heavy (non-hydrogen) atoms. The van der Waals surface area contributed by atoms with E-state index in [4.69, 9.17) is 0 Å². The third-order valence-corrected chi connectivity index (χ3v) is 5.71. The van der Waals surface area contributed by atoms with E-state index < -0.39 is 17.4 Å². The highest BCUT2D eigenvalue weighted by Gasteiger charge is 2.38. The number of hydrogen-bond donors (Lipinski definition) is 2. The summed E-state index contributed by atoms with van der Waals surface area (Å²) in [6, 6.07) is 15.6. The molecule has 7 nitrogen and oxygen atoms in total. The quantitative estimate of drug-likeness (QED) is 0.492. The van der Waals surface area contributed by atoms with Gasteiger partial charge in [-0.25, -0.2) is 4.68 Å². The van der Waals surface area contributed by atoms with Crippen molar-refractivity contribution in [1.29, 1.82) is 0 Å². The Morgan fingerprint density at radius 1 is 1.06 bits per heavy atom. The minimum absolute atomic E-state index is 0.702. The Labute approximate surface area is 184 Å². The predicted molar refractivity (Wildman–Crippen MR) is 124 cm³/mol. The molecule has 2 N–H and O–H groups in total. The molecule has 4 aromatic rings. The number of nitrogens with zero attached hydrogens (tertiary/aromatic N) is 4. The third-order valence-electron chi connectivity index (χ3n) is 5.71. The molecular weight excluding hydrogens is 402 g/mol. The number of aromatic nitrogens is 4. The van der Waals surface area contributed by atoms with Crippen molar-refractivity contribution in [3.63, 3.8) is 0 Å². The maximum absolute atomic E-state index is 12.0. The lowest BCUT2D eigenvalue weighted by Gasteiger charge is -2.35. The molecule has 0 saturated heterocycles. The second kappa shape index (κ2) is 7.77. The first-order valence-electron chi connectivity index (χ1n) is 10.3. The summed E-state index contributed by atoms with van der Waals surface area (Å²) in [7, 11) is 0. The summed E-state index contributed by atoms with van der Waals surface area (Å²) < 4.78 is 1.80. The molecule has 0 fully saturated rings. The second-order valence-corrected chi connectivity index (χ2v) is 7.88. The van der Waals surface area contributed by atoms with Crippen molar-refractivity contribution in [3.05, 3.63) is 91.4 Å². The minimum Gasteiger partial charge on any atom is -0.481 e. The number of fused-ring (bicyclic) bond motifs is 1. The zero-order chi connectivity index (χ0) is 22.1. The predicted octanol–water partition coefficient (Wildman–Crippen LogP) is 4.48. The number of benzene rings is 2. The first-order chi connectivity index (χ1) is 15.5. The number of carboxylic acids is 1. The van der Waals surface area contributed by atoms with Crippen LogP contribution < -0.4 is 5.32 Å². The van der Waals surface area contributed by atoms with Gasteiger partial charge in [-0.05, 0) is 36.8 Å². The Balaban J connectivity index is 1.67. The Hall–Kier alpha value is -4.26. The van der Waals surface area contributed by atoms with Gasteiger partial charge in [-0.3, -0.25) is 14.8 Å². The zero-order valence-electron chi connectivity index (χ0n) is 17.4. The number of nitrogens with one attached hydrogen (secondary N) is 1. The van der Waals surface area contributed by atoms with Gasteiger partial charge in [-0.1, -0.05) is 48.6 Å². The molecule has 0 spiro atoms. The van der Waals surface area contributed by atoms with E-state index in [9.17, 15) is 9.90 Å². The minimum atomic E-state index is -0.895. The number of para-hydroxylation sites is 1. The average Bonchev–Trinajstić information content (AvgIpc) is 3.22. The fraction of sp³-hybridized carbons (Fsp3) is 0.120. The van der Waals surface area contributed by atoms with Crippen LogP contribution in [0.2, 0.25) is 0 Å². The highest BCUT2D eigenvalue weighted by atomic mass is 16.4. The lowest BCUT2D eigenvalue weighted by Crippen LogP contribution is -2.45. The number of allylic oxidation sites excluding steroid dienone is 2. The molecule has 2 atom stereocenters. The number of carboxylic acid groups (broad SMARTS) is 1. The summed E-state index contributed by atoms with van der Waals surface area (Å²) in [5, 5.41) is 18.0. The van der Waals surface area contributed by atoms with Crippen molar-refractivity contribution in [2.75, 3.05) is 5.32 Å².